The van der Waals surface area contributed by atoms with Gasteiger partial charge in [-0.25, -0.2) is 0 Å². The lowest BCUT2D eigenvalue weighted by molar-refractivity contribution is -0.148. The number of amides is 2. The first-order chi connectivity index (χ1) is 15.3. The molecule has 2 aromatic rings. The third-order valence-corrected chi connectivity index (χ3v) is 6.12. The van der Waals surface area contributed by atoms with Gasteiger partial charge in [0.1, 0.15) is 18.5 Å². The van der Waals surface area contributed by atoms with Crippen molar-refractivity contribution in [3.8, 4) is 5.75 Å². The summed E-state index contributed by atoms with van der Waals surface area (Å²) in [6.45, 7) is 0.191. The molecule has 0 aromatic heterocycles. The molecule has 2 heterocycles. The maximum atomic E-state index is 13.2. The first-order valence-electron chi connectivity index (χ1n) is 10.3. The molecule has 9 heteroatoms. The Kier molecular flexibility index (Phi) is 6.34. The van der Waals surface area contributed by atoms with Gasteiger partial charge in [-0.2, -0.15) is 0 Å². The van der Waals surface area contributed by atoms with Gasteiger partial charge in [-0.15, -0.1) is 0 Å². The van der Waals surface area contributed by atoms with Crippen LogP contribution in [0.3, 0.4) is 0 Å². The van der Waals surface area contributed by atoms with Gasteiger partial charge in [0.25, 0.3) is 11.8 Å². The molecule has 0 spiro atoms. The predicted molar refractivity (Wildman–Crippen MR) is 117 cm³/mol. The first kappa shape index (κ1) is 22.1. The van der Waals surface area contributed by atoms with E-state index >= 15 is 0 Å². The van der Waals surface area contributed by atoms with Crippen molar-refractivity contribution in [2.45, 2.75) is 37.5 Å². The molecule has 2 aliphatic heterocycles. The summed E-state index contributed by atoms with van der Waals surface area (Å²) in [4.78, 5) is 38.5. The highest BCUT2D eigenvalue weighted by Crippen LogP contribution is 2.32. The van der Waals surface area contributed by atoms with Gasteiger partial charge in [0.15, 0.2) is 0 Å². The molecular formula is C23H23ClN2O6. The van der Waals surface area contributed by atoms with E-state index in [2.05, 4.69) is 5.32 Å². The Morgan fingerprint density at radius 2 is 2.00 bits per heavy atom. The number of anilines is 1. The lowest BCUT2D eigenvalue weighted by atomic mass is 9.94. The van der Waals surface area contributed by atoms with Gasteiger partial charge < -0.3 is 24.8 Å². The van der Waals surface area contributed by atoms with Crippen molar-refractivity contribution in [1.29, 1.82) is 0 Å². The number of carbonyl (C=O) groups is 3. The van der Waals surface area contributed by atoms with Crippen LogP contribution in [-0.4, -0.2) is 59.7 Å². The number of hydrogen-bond donors (Lipinski definition) is 2. The molecule has 8 nitrogen and oxygen atoms in total. The number of halogens is 1. The minimum absolute atomic E-state index is 0.0774. The van der Waals surface area contributed by atoms with Gasteiger partial charge >= 0.3 is 5.97 Å². The number of likely N-dealkylation sites (N-methyl/N-ethyl adjacent to an activating group) is 1. The summed E-state index contributed by atoms with van der Waals surface area (Å²) in [5, 5.41) is 12.2. The number of hydrogen-bond acceptors (Lipinski definition) is 5. The van der Waals surface area contributed by atoms with Crippen LogP contribution in [0.2, 0.25) is 5.02 Å². The van der Waals surface area contributed by atoms with E-state index in [0.29, 0.717) is 40.4 Å². The molecule has 4 rings (SSSR count). The van der Waals surface area contributed by atoms with Crippen LogP contribution in [0.15, 0.2) is 42.5 Å². The molecule has 0 aliphatic carbocycles. The number of benzene rings is 2. The van der Waals surface area contributed by atoms with Crippen LogP contribution in [-0.2, 0) is 9.53 Å². The Bertz CT molecular complexity index is 1060. The molecule has 0 radical (unpaired) electrons. The van der Waals surface area contributed by atoms with Crippen molar-refractivity contribution in [2.75, 3.05) is 19.0 Å². The zero-order chi connectivity index (χ0) is 22.8. The molecule has 0 saturated carbocycles. The SMILES string of the molecule is CN1C(=O)c2cc(NC(=O)c3ccccc3Cl)ccc2OC[C@@H]2O[C@@H](CC(=O)O)CC[C@H]21. The molecule has 2 amide bonds. The van der Waals surface area contributed by atoms with E-state index in [1.165, 1.54) is 0 Å². The molecule has 32 heavy (non-hydrogen) atoms. The summed E-state index contributed by atoms with van der Waals surface area (Å²) in [7, 11) is 1.70. The number of ether oxygens (including phenoxy) is 2. The minimum atomic E-state index is -0.915. The van der Waals surface area contributed by atoms with Crippen LogP contribution in [0.4, 0.5) is 5.69 Å². The maximum absolute atomic E-state index is 13.2. The first-order valence-corrected chi connectivity index (χ1v) is 10.7. The number of fused-ring (bicyclic) bond motifs is 2. The lowest BCUT2D eigenvalue weighted by Crippen LogP contribution is -2.53. The van der Waals surface area contributed by atoms with E-state index < -0.39 is 18.2 Å². The van der Waals surface area contributed by atoms with Crippen LogP contribution in [0.25, 0.3) is 0 Å². The van der Waals surface area contributed by atoms with E-state index in [-0.39, 0.29) is 30.9 Å². The van der Waals surface area contributed by atoms with Crippen LogP contribution in [0, 0.1) is 0 Å². The molecule has 0 bridgehead atoms. The summed E-state index contributed by atoms with van der Waals surface area (Å²) < 4.78 is 11.8. The Morgan fingerprint density at radius 3 is 2.75 bits per heavy atom. The minimum Gasteiger partial charge on any atom is -0.490 e. The van der Waals surface area contributed by atoms with Crippen LogP contribution in [0.1, 0.15) is 40.0 Å². The van der Waals surface area contributed by atoms with Crippen molar-refractivity contribution in [3.05, 3.63) is 58.6 Å². The number of carboxylic acid groups (broad SMARTS) is 1. The second-order valence-electron chi connectivity index (χ2n) is 7.91. The monoisotopic (exact) mass is 458 g/mol. The molecule has 1 saturated heterocycles. The maximum Gasteiger partial charge on any atom is 0.305 e. The quantitative estimate of drug-likeness (QED) is 0.727. The highest BCUT2D eigenvalue weighted by molar-refractivity contribution is 6.34. The number of carbonyl (C=O) groups excluding carboxylic acids is 2. The fourth-order valence-corrected chi connectivity index (χ4v) is 4.37. The number of nitrogens with zero attached hydrogens (tertiary/aromatic N) is 1. The molecular weight excluding hydrogens is 436 g/mol. The Hall–Kier alpha value is -3.10. The summed E-state index contributed by atoms with van der Waals surface area (Å²) in [5.41, 5.74) is 1.10. The van der Waals surface area contributed by atoms with E-state index in [9.17, 15) is 14.4 Å². The van der Waals surface area contributed by atoms with Crippen LogP contribution in [0.5, 0.6) is 5.75 Å². The average Bonchev–Trinajstić information content (AvgIpc) is 2.76. The van der Waals surface area contributed by atoms with Crippen molar-refractivity contribution in [2.24, 2.45) is 0 Å². The number of carboxylic acids is 1. The van der Waals surface area contributed by atoms with Crippen molar-refractivity contribution in [3.63, 3.8) is 0 Å². The highest BCUT2D eigenvalue weighted by Gasteiger charge is 2.39. The topological polar surface area (TPSA) is 105 Å². The van der Waals surface area contributed by atoms with E-state index in [1.54, 1.807) is 54.4 Å². The number of aliphatic carboxylic acids is 1. The third-order valence-electron chi connectivity index (χ3n) is 5.79. The van der Waals surface area contributed by atoms with Gasteiger partial charge in [-0.3, -0.25) is 14.4 Å². The van der Waals surface area contributed by atoms with Crippen molar-refractivity contribution >= 4 is 35.1 Å². The summed E-state index contributed by atoms with van der Waals surface area (Å²) in [6, 6.07) is 11.3. The zero-order valence-electron chi connectivity index (χ0n) is 17.4. The van der Waals surface area contributed by atoms with Gasteiger partial charge in [0.2, 0.25) is 0 Å². The van der Waals surface area contributed by atoms with E-state index in [1.807, 2.05) is 0 Å². The second-order valence-corrected chi connectivity index (χ2v) is 8.32. The molecule has 2 aliphatic rings. The van der Waals surface area contributed by atoms with Gasteiger partial charge in [-0.05, 0) is 43.2 Å². The van der Waals surface area contributed by atoms with E-state index in [0.717, 1.165) is 0 Å². The average molecular weight is 459 g/mol. The smallest absolute Gasteiger partial charge is 0.305 e. The summed E-state index contributed by atoms with van der Waals surface area (Å²) >= 11 is 6.10. The van der Waals surface area contributed by atoms with Gasteiger partial charge in [0, 0.05) is 12.7 Å². The third kappa shape index (κ3) is 4.56. The normalized spacial score (nSPS) is 22.6. The largest absolute Gasteiger partial charge is 0.490 e. The van der Waals surface area contributed by atoms with Gasteiger partial charge in [-0.1, -0.05) is 23.7 Å². The van der Waals surface area contributed by atoms with Crippen molar-refractivity contribution < 1.29 is 29.0 Å². The standard InChI is InChI=1S/C23H23ClN2O6/c1-26-18-8-7-14(11-21(27)28)32-20(18)12-31-19-9-6-13(10-16(19)23(26)30)25-22(29)15-4-2-3-5-17(15)24/h2-6,9-10,14,18,20H,7-8,11-12H2,1H3,(H,25,29)(H,27,28)/t14-,18-,20+/m1/s1. The molecule has 168 valence electrons. The second kappa shape index (κ2) is 9.18. The number of rotatable bonds is 4. The fourth-order valence-electron chi connectivity index (χ4n) is 4.14. The van der Waals surface area contributed by atoms with E-state index in [4.69, 9.17) is 26.2 Å². The molecule has 0 unspecified atom stereocenters. The predicted octanol–water partition coefficient (Wildman–Crippen LogP) is 3.45. The zero-order valence-corrected chi connectivity index (χ0v) is 18.2. The Balaban J connectivity index is 1.55. The van der Waals surface area contributed by atoms with Crippen molar-refractivity contribution in [1.82, 2.24) is 4.90 Å². The Morgan fingerprint density at radius 1 is 1.22 bits per heavy atom. The molecule has 2 N–H and O–H groups in total. The lowest BCUT2D eigenvalue weighted by Gasteiger charge is -2.42. The van der Waals surface area contributed by atoms with Crippen LogP contribution >= 0.6 is 11.6 Å². The molecule has 3 atom stereocenters. The van der Waals surface area contributed by atoms with Gasteiger partial charge in [0.05, 0.1) is 34.7 Å². The molecule has 1 fully saturated rings. The Labute approximate surface area is 190 Å². The fraction of sp³-hybridized carbons (Fsp3) is 0.348. The van der Waals surface area contributed by atoms with Crippen LogP contribution < -0.4 is 10.1 Å². The number of nitrogens with one attached hydrogen (secondary N) is 1. The summed E-state index contributed by atoms with van der Waals surface area (Å²) in [6.07, 6.45) is 0.265. The molecule has 2 aromatic carbocycles. The highest BCUT2D eigenvalue weighted by atomic mass is 35.5. The summed E-state index contributed by atoms with van der Waals surface area (Å²) in [5.74, 6) is -1.18.